The van der Waals surface area contributed by atoms with Gasteiger partial charge in [-0.3, -0.25) is 14.1 Å². The van der Waals surface area contributed by atoms with Crippen molar-refractivity contribution in [3.63, 3.8) is 0 Å². The molecule has 0 saturated heterocycles. The van der Waals surface area contributed by atoms with Crippen molar-refractivity contribution in [2.75, 3.05) is 0 Å². The normalized spacial score (nSPS) is 12.4. The molecule has 62 heavy (non-hydrogen) atoms. The van der Waals surface area contributed by atoms with Crippen LogP contribution in [0.1, 0.15) is 0 Å². The van der Waals surface area contributed by atoms with Gasteiger partial charge in [0.05, 0.1) is 33.3 Å². The van der Waals surface area contributed by atoms with Crippen LogP contribution in [0.5, 0.6) is 11.5 Å². The monoisotopic (exact) mass is 962 g/mol. The number of rotatable bonds is 9. The average Bonchev–Trinajstić information content (AvgIpc) is 3.16. The van der Waals surface area contributed by atoms with Crippen molar-refractivity contribution in [3.8, 4) is 22.6 Å². The van der Waals surface area contributed by atoms with Crippen LogP contribution in [0.25, 0.3) is 32.7 Å². The van der Waals surface area contributed by atoms with Crippen molar-refractivity contribution in [1.82, 2.24) is 15.0 Å². The van der Waals surface area contributed by atoms with Crippen molar-refractivity contribution in [3.05, 3.63) is 113 Å². The summed E-state index contributed by atoms with van der Waals surface area (Å²) in [6, 6.07) is 21.3. The number of azo groups is 2. The topological polar surface area (TPSA) is 315 Å². The van der Waals surface area contributed by atoms with Gasteiger partial charge < -0.3 is 14.8 Å². The molecule has 0 radical (unpaired) electrons. The molecule has 0 aliphatic heterocycles. The van der Waals surface area contributed by atoms with Gasteiger partial charge in [0.25, 0.3) is 20.2 Å². The van der Waals surface area contributed by atoms with Crippen LogP contribution in [0.3, 0.4) is 0 Å². The minimum absolute atomic E-state index is 0. The van der Waals surface area contributed by atoms with Crippen molar-refractivity contribution < 1.29 is 138 Å². The molecule has 0 aliphatic carbocycles. The Kier molecular flexibility index (Phi) is 16.8. The first-order valence-electron chi connectivity index (χ1n) is 16.1. The maximum Gasteiger partial charge on any atom is 1.00 e. The number of H-pyrrole nitrogens is 1. The van der Waals surface area contributed by atoms with E-state index in [9.17, 15) is 49.1 Å². The molecule has 19 nitrogen and oxygen atoms in total. The van der Waals surface area contributed by atoms with E-state index in [4.69, 9.17) is 23.2 Å². The van der Waals surface area contributed by atoms with Crippen LogP contribution in [0.2, 0.25) is 10.6 Å². The summed E-state index contributed by atoms with van der Waals surface area (Å²) in [5, 5.41) is 41.8. The van der Waals surface area contributed by atoms with Crippen LogP contribution in [0.4, 0.5) is 28.4 Å². The summed E-state index contributed by atoms with van der Waals surface area (Å²) in [4.78, 5) is 12.0. The first-order chi connectivity index (χ1) is 27.7. The third-order valence-electron chi connectivity index (χ3n) is 8.30. The third-order valence-corrected chi connectivity index (χ3v) is 11.2. The molecule has 7 rings (SSSR count). The molecule has 0 bridgehead atoms. The van der Waals surface area contributed by atoms with Crippen LogP contribution in [-0.2, 0) is 30.4 Å². The Morgan fingerprint density at radius 2 is 1.05 bits per heavy atom. The van der Waals surface area contributed by atoms with Crippen LogP contribution < -0.4 is 105 Å². The molecule has 0 spiro atoms. The SMILES string of the molecule is O=S(=O)([O-])c1ccc2c([O-])c(N=Nc3ccc(-c4ccc(N=Nc5c(S(=O)(=O)O)cc6ccc(N=c7nc(Cl)nc(Cl)[nH]7)cc6c5[O-])cc4)cc3)c(S(=O)(=O)O)cc2c1.[Na+].[Na+].[Na+]. The number of nitrogens with one attached hydrogen (secondary N) is 1. The van der Waals surface area contributed by atoms with Gasteiger partial charge in [0.2, 0.25) is 16.2 Å². The Hall–Kier alpha value is -3.24. The van der Waals surface area contributed by atoms with Crippen LogP contribution in [0, 0.1) is 0 Å². The van der Waals surface area contributed by atoms with Gasteiger partial charge in [-0.1, -0.05) is 47.9 Å². The zero-order valence-corrected chi connectivity index (χ0v) is 41.9. The van der Waals surface area contributed by atoms with E-state index >= 15 is 0 Å². The molecule has 1 heterocycles. The second-order valence-corrected chi connectivity index (χ2v) is 17.0. The summed E-state index contributed by atoms with van der Waals surface area (Å²) in [5.41, 5.74) is 0.402. The molecule has 0 aliphatic rings. The first-order valence-corrected chi connectivity index (χ1v) is 21.1. The summed E-state index contributed by atoms with van der Waals surface area (Å²) >= 11 is 11.7. The van der Waals surface area contributed by atoms with Gasteiger partial charge in [0, 0.05) is 0 Å². The molecule has 0 atom stereocenters. The predicted octanol–water partition coefficient (Wildman–Crippen LogP) is -2.30. The number of hydrogen-bond donors (Lipinski definition) is 3. The maximum atomic E-state index is 13.6. The van der Waals surface area contributed by atoms with Crippen molar-refractivity contribution in [1.29, 1.82) is 0 Å². The largest absolute Gasteiger partial charge is 1.00 e. The predicted molar refractivity (Wildman–Crippen MR) is 206 cm³/mol. The van der Waals surface area contributed by atoms with E-state index in [0.29, 0.717) is 11.1 Å². The molecule has 3 N–H and O–H groups in total. The Balaban J connectivity index is 0.00000282. The standard InChI is InChI=1S/C35H22Cl2N8O11S3.3Na/c36-33-39-34(37)41-35(40-33)38-23-10-5-19-14-27(58(51,52)53)30(32(47)26(19)16-23)45-43-22-8-3-18(4-9-22)17-1-6-21(7-2-17)42-44-29-28(59(54,55)56)15-20-13-24(57(48,49)50)11-12-25(20)31(29)46;;;/h1-16,46-47H,(H,48,49,50)(H,51,52,53)(H,54,55,56)(H,38,39,40,41);;;/q;3*+1/p-3. The van der Waals surface area contributed by atoms with E-state index in [1.165, 1.54) is 42.5 Å². The van der Waals surface area contributed by atoms with Gasteiger partial charge >= 0.3 is 88.7 Å². The summed E-state index contributed by atoms with van der Waals surface area (Å²) in [7, 11) is -14.9. The third kappa shape index (κ3) is 11.7. The molecule has 6 aromatic carbocycles. The fourth-order valence-corrected chi connectivity index (χ4v) is 7.80. The van der Waals surface area contributed by atoms with Crippen LogP contribution >= 0.6 is 23.2 Å². The Labute approximate surface area is 427 Å². The zero-order valence-electron chi connectivity index (χ0n) is 31.9. The van der Waals surface area contributed by atoms with Gasteiger partial charge in [0.15, 0.2) is 0 Å². The summed E-state index contributed by atoms with van der Waals surface area (Å²) < 4.78 is 103. The van der Waals surface area contributed by atoms with Crippen molar-refractivity contribution in [2.24, 2.45) is 25.4 Å². The smallest absolute Gasteiger partial charge is 0.871 e. The minimum Gasteiger partial charge on any atom is -0.871 e. The van der Waals surface area contributed by atoms with E-state index < -0.39 is 67.9 Å². The minimum atomic E-state index is -5.06. The average molecular weight is 964 g/mol. The molecule has 0 amide bonds. The summed E-state index contributed by atoms with van der Waals surface area (Å²) in [5.74, 6) is -1.87. The van der Waals surface area contributed by atoms with Crippen molar-refractivity contribution in [2.45, 2.75) is 14.7 Å². The van der Waals surface area contributed by atoms with E-state index in [0.717, 1.165) is 30.3 Å². The molecule has 0 fully saturated rings. The Morgan fingerprint density at radius 1 is 0.565 bits per heavy atom. The first kappa shape index (κ1) is 51.4. The molecule has 1 aromatic heterocycles. The molecule has 7 aromatic rings. The summed E-state index contributed by atoms with van der Waals surface area (Å²) in [6.07, 6.45) is 0. The van der Waals surface area contributed by atoms with E-state index in [1.807, 2.05) is 0 Å². The Morgan fingerprint density at radius 3 is 1.53 bits per heavy atom. The second-order valence-electron chi connectivity index (χ2n) is 12.1. The number of hydrogen-bond acceptors (Lipinski definition) is 16. The second kappa shape index (κ2) is 20.3. The molecule has 0 unspecified atom stereocenters. The van der Waals surface area contributed by atoms with Crippen molar-refractivity contribution >= 4 is 104 Å². The van der Waals surface area contributed by atoms with Gasteiger partial charge in [-0.15, -0.1) is 10.2 Å². The van der Waals surface area contributed by atoms with Gasteiger partial charge in [-0.05, 0) is 117 Å². The summed E-state index contributed by atoms with van der Waals surface area (Å²) in [6.45, 7) is 0. The number of benzene rings is 6. The number of aromatic nitrogens is 3. The number of halogens is 2. The van der Waals surface area contributed by atoms with E-state index in [2.05, 4.69) is 40.4 Å². The van der Waals surface area contributed by atoms with Gasteiger partial charge in [-0.25, -0.2) is 13.4 Å². The van der Waals surface area contributed by atoms with Gasteiger partial charge in [0.1, 0.15) is 19.9 Å². The number of fused-ring (bicyclic) bond motifs is 2. The van der Waals surface area contributed by atoms with Gasteiger partial charge in [-0.2, -0.15) is 37.0 Å². The fourth-order valence-electron chi connectivity index (χ4n) is 5.61. The van der Waals surface area contributed by atoms with Crippen LogP contribution in [0.15, 0.2) is 137 Å². The van der Waals surface area contributed by atoms with Crippen LogP contribution in [-0.4, -0.2) is 53.9 Å². The molecule has 27 heteroatoms. The van der Waals surface area contributed by atoms with E-state index in [-0.39, 0.29) is 143 Å². The molecular weight excluding hydrogens is 945 g/mol. The molecule has 300 valence electrons. The number of aromatic amines is 1. The maximum absolute atomic E-state index is 13.6. The Bertz CT molecular complexity index is 3340. The number of nitrogens with zero attached hydrogens (tertiary/aromatic N) is 7. The fraction of sp³-hybridized carbons (Fsp3) is 0. The van der Waals surface area contributed by atoms with E-state index in [1.54, 1.807) is 24.3 Å². The quantitative estimate of drug-likeness (QED) is 0.0780. The molecule has 0 saturated carbocycles. The molecular formula is C35H19Cl2N8Na3O11S3. The zero-order chi connectivity index (χ0) is 42.4.